The van der Waals surface area contributed by atoms with Gasteiger partial charge in [-0.1, -0.05) is 6.92 Å². The predicted molar refractivity (Wildman–Crippen MR) is 70.7 cm³/mol. The van der Waals surface area contributed by atoms with Crippen LogP contribution < -0.4 is 10.1 Å². The number of aryl methyl sites for hydroxylation is 1. The third-order valence-corrected chi connectivity index (χ3v) is 2.16. The number of rotatable bonds is 4. The maximum atomic E-state index is 5.84. The number of hydrogen-bond donors (Lipinski definition) is 1. The summed E-state index contributed by atoms with van der Waals surface area (Å²) < 4.78 is 5.84. The van der Waals surface area contributed by atoms with Gasteiger partial charge in [-0.3, -0.25) is 0 Å². The first-order valence-electron chi connectivity index (χ1n) is 6.11. The fraction of sp³-hybridized carbons (Fsp3) is 0.692. The minimum Gasteiger partial charge on any atom is -0.472 e. The Labute approximate surface area is 104 Å². The van der Waals surface area contributed by atoms with E-state index < -0.39 is 0 Å². The van der Waals surface area contributed by atoms with Crippen molar-refractivity contribution < 1.29 is 4.74 Å². The molecule has 0 spiro atoms. The predicted octanol–water partition coefficient (Wildman–Crippen LogP) is 3.09. The van der Waals surface area contributed by atoms with Crippen molar-refractivity contribution in [1.82, 2.24) is 9.97 Å². The van der Waals surface area contributed by atoms with Gasteiger partial charge in [0.05, 0.1) is 5.56 Å². The summed E-state index contributed by atoms with van der Waals surface area (Å²) in [6.45, 7) is 13.0. The largest absolute Gasteiger partial charge is 0.472 e. The van der Waals surface area contributed by atoms with Crippen LogP contribution in [0, 0.1) is 13.8 Å². The normalized spacial score (nSPS) is 11.4. The molecule has 0 aromatic carbocycles. The Morgan fingerprint density at radius 3 is 2.35 bits per heavy atom. The molecule has 0 saturated carbocycles. The summed E-state index contributed by atoms with van der Waals surface area (Å²) in [5.74, 6) is 2.27. The molecule has 1 rings (SSSR count). The Bertz CT molecular complexity index is 383. The van der Waals surface area contributed by atoms with Gasteiger partial charge in [0, 0.05) is 6.54 Å². The first kappa shape index (κ1) is 13.7. The average Bonchev–Trinajstić information content (AvgIpc) is 2.18. The molecular weight excluding hydrogens is 214 g/mol. The Balaban J connectivity index is 3.01. The molecule has 4 nitrogen and oxygen atoms in total. The Morgan fingerprint density at radius 1 is 1.18 bits per heavy atom. The Morgan fingerprint density at radius 2 is 1.82 bits per heavy atom. The molecule has 0 bridgehead atoms. The van der Waals surface area contributed by atoms with Gasteiger partial charge in [0.15, 0.2) is 0 Å². The summed E-state index contributed by atoms with van der Waals surface area (Å²) >= 11 is 0. The van der Waals surface area contributed by atoms with Crippen molar-refractivity contribution >= 4 is 5.82 Å². The van der Waals surface area contributed by atoms with Crippen molar-refractivity contribution in [1.29, 1.82) is 0 Å². The molecule has 0 amide bonds. The number of anilines is 1. The second kappa shape index (κ2) is 5.34. The first-order valence-corrected chi connectivity index (χ1v) is 6.11. The Hall–Kier alpha value is -1.32. The van der Waals surface area contributed by atoms with Gasteiger partial charge in [-0.25, -0.2) is 4.98 Å². The van der Waals surface area contributed by atoms with Crippen molar-refractivity contribution in [2.75, 3.05) is 11.9 Å². The molecule has 0 aliphatic carbocycles. The van der Waals surface area contributed by atoms with Gasteiger partial charge in [0.25, 0.3) is 0 Å². The van der Waals surface area contributed by atoms with Crippen LogP contribution in [0.2, 0.25) is 0 Å². The SMILES string of the molecule is CCCNc1nc(C)nc(OC(C)(C)C)c1C. The van der Waals surface area contributed by atoms with Crippen LogP contribution >= 0.6 is 0 Å². The summed E-state index contributed by atoms with van der Waals surface area (Å²) in [5, 5.41) is 3.30. The highest BCUT2D eigenvalue weighted by Gasteiger charge is 2.17. The molecule has 1 aromatic rings. The van der Waals surface area contributed by atoms with E-state index in [4.69, 9.17) is 4.74 Å². The van der Waals surface area contributed by atoms with E-state index >= 15 is 0 Å². The number of hydrogen-bond acceptors (Lipinski definition) is 4. The molecule has 0 radical (unpaired) electrons. The lowest BCUT2D eigenvalue weighted by atomic mass is 10.2. The fourth-order valence-electron chi connectivity index (χ4n) is 1.41. The van der Waals surface area contributed by atoms with Gasteiger partial charge >= 0.3 is 0 Å². The summed E-state index contributed by atoms with van der Waals surface area (Å²) in [6, 6.07) is 0. The minimum atomic E-state index is -0.242. The van der Waals surface area contributed by atoms with Gasteiger partial charge in [-0.05, 0) is 41.0 Å². The van der Waals surface area contributed by atoms with Crippen LogP contribution in [0.15, 0.2) is 0 Å². The number of nitrogens with one attached hydrogen (secondary N) is 1. The molecule has 0 unspecified atom stereocenters. The zero-order chi connectivity index (χ0) is 13.1. The second-order valence-corrected chi connectivity index (χ2v) is 5.19. The topological polar surface area (TPSA) is 47.0 Å². The molecular formula is C13H23N3O. The molecule has 4 heteroatoms. The molecule has 0 atom stereocenters. The smallest absolute Gasteiger partial charge is 0.222 e. The van der Waals surface area contributed by atoms with Gasteiger partial charge in [-0.15, -0.1) is 0 Å². The second-order valence-electron chi connectivity index (χ2n) is 5.19. The van der Waals surface area contributed by atoms with E-state index in [1.54, 1.807) is 0 Å². The molecule has 96 valence electrons. The first-order chi connectivity index (χ1) is 7.83. The summed E-state index contributed by atoms with van der Waals surface area (Å²) in [7, 11) is 0. The summed E-state index contributed by atoms with van der Waals surface area (Å²) in [6.07, 6.45) is 1.07. The van der Waals surface area contributed by atoms with E-state index in [2.05, 4.69) is 22.2 Å². The third-order valence-electron chi connectivity index (χ3n) is 2.16. The van der Waals surface area contributed by atoms with Crippen molar-refractivity contribution in [2.45, 2.75) is 53.6 Å². The summed E-state index contributed by atoms with van der Waals surface area (Å²) in [5.41, 5.74) is 0.729. The van der Waals surface area contributed by atoms with E-state index in [1.165, 1.54) is 0 Å². The average molecular weight is 237 g/mol. The maximum Gasteiger partial charge on any atom is 0.222 e. The molecule has 0 fully saturated rings. The van der Waals surface area contributed by atoms with Crippen molar-refractivity contribution in [3.8, 4) is 5.88 Å². The van der Waals surface area contributed by atoms with E-state index in [0.717, 1.165) is 30.2 Å². The van der Waals surface area contributed by atoms with Crippen LogP contribution in [0.5, 0.6) is 5.88 Å². The lowest BCUT2D eigenvalue weighted by Crippen LogP contribution is -2.24. The van der Waals surface area contributed by atoms with E-state index in [-0.39, 0.29) is 5.60 Å². The molecule has 1 N–H and O–H groups in total. The van der Waals surface area contributed by atoms with Gasteiger partial charge in [-0.2, -0.15) is 4.98 Å². The van der Waals surface area contributed by atoms with Crippen LogP contribution in [0.3, 0.4) is 0 Å². The standard InChI is InChI=1S/C13H23N3O/c1-7-8-14-11-9(2)12(16-10(3)15-11)17-13(4,5)6/h7-8H2,1-6H3,(H,14,15,16). The maximum absolute atomic E-state index is 5.84. The number of aromatic nitrogens is 2. The van der Waals surface area contributed by atoms with Crippen molar-refractivity contribution in [2.24, 2.45) is 0 Å². The van der Waals surface area contributed by atoms with E-state index in [1.807, 2.05) is 34.6 Å². The van der Waals surface area contributed by atoms with Crippen molar-refractivity contribution in [3.63, 3.8) is 0 Å². The molecule has 0 saturated heterocycles. The van der Waals surface area contributed by atoms with Gasteiger partial charge in [0.1, 0.15) is 17.2 Å². The minimum absolute atomic E-state index is 0.242. The summed E-state index contributed by atoms with van der Waals surface area (Å²) in [4.78, 5) is 8.75. The van der Waals surface area contributed by atoms with Crippen LogP contribution in [0.1, 0.15) is 45.5 Å². The zero-order valence-corrected chi connectivity index (χ0v) is 11.7. The van der Waals surface area contributed by atoms with Crippen LogP contribution in [-0.2, 0) is 0 Å². The fourth-order valence-corrected chi connectivity index (χ4v) is 1.41. The van der Waals surface area contributed by atoms with Gasteiger partial charge in [0.2, 0.25) is 5.88 Å². The van der Waals surface area contributed by atoms with Gasteiger partial charge < -0.3 is 10.1 Å². The van der Waals surface area contributed by atoms with Crippen LogP contribution in [0.25, 0.3) is 0 Å². The lowest BCUT2D eigenvalue weighted by molar-refractivity contribution is 0.122. The lowest BCUT2D eigenvalue weighted by Gasteiger charge is -2.22. The third kappa shape index (κ3) is 4.21. The van der Waals surface area contributed by atoms with E-state index in [0.29, 0.717) is 5.88 Å². The molecule has 0 aliphatic heterocycles. The quantitative estimate of drug-likeness (QED) is 0.874. The monoisotopic (exact) mass is 237 g/mol. The zero-order valence-electron chi connectivity index (χ0n) is 11.7. The van der Waals surface area contributed by atoms with Crippen LogP contribution in [0.4, 0.5) is 5.82 Å². The highest BCUT2D eigenvalue weighted by molar-refractivity contribution is 5.48. The molecule has 1 heterocycles. The van der Waals surface area contributed by atoms with E-state index in [9.17, 15) is 0 Å². The molecule has 17 heavy (non-hydrogen) atoms. The number of ether oxygens (including phenoxy) is 1. The number of nitrogens with zero attached hydrogens (tertiary/aromatic N) is 2. The highest BCUT2D eigenvalue weighted by Crippen LogP contribution is 2.25. The molecule has 1 aromatic heterocycles. The molecule has 0 aliphatic rings. The van der Waals surface area contributed by atoms with Crippen molar-refractivity contribution in [3.05, 3.63) is 11.4 Å². The highest BCUT2D eigenvalue weighted by atomic mass is 16.5. The Kier molecular flexibility index (Phi) is 4.32. The van der Waals surface area contributed by atoms with Crippen LogP contribution in [-0.4, -0.2) is 22.1 Å².